The molecule has 2 atom stereocenters. The van der Waals surface area contributed by atoms with E-state index in [1.165, 1.54) is 6.92 Å². The van der Waals surface area contributed by atoms with Gasteiger partial charge in [-0.3, -0.25) is 9.59 Å². The van der Waals surface area contributed by atoms with Crippen LogP contribution in [0, 0.1) is 0 Å². The van der Waals surface area contributed by atoms with E-state index in [-0.39, 0.29) is 42.7 Å². The van der Waals surface area contributed by atoms with E-state index in [9.17, 15) is 9.59 Å². The Morgan fingerprint density at radius 1 is 1.33 bits per heavy atom. The third-order valence-corrected chi connectivity index (χ3v) is 4.51. The van der Waals surface area contributed by atoms with Gasteiger partial charge in [0.2, 0.25) is 11.8 Å². The Balaban J connectivity index is 0.00000208. The number of piperidine rings is 1. The van der Waals surface area contributed by atoms with Crippen molar-refractivity contribution in [3.8, 4) is 0 Å². The van der Waals surface area contributed by atoms with Crippen LogP contribution >= 0.6 is 12.4 Å². The van der Waals surface area contributed by atoms with Gasteiger partial charge in [-0.15, -0.1) is 12.4 Å². The first kappa shape index (κ1) is 18.5. The molecule has 0 radical (unpaired) electrons. The zero-order valence-electron chi connectivity index (χ0n) is 13.8. The largest absolute Gasteiger partial charge is 0.352 e. The maximum absolute atomic E-state index is 12.5. The SMILES string of the molecule is CC(=O)N1C=Cc2ccccc2C1CC(=O)NC1CCCNC1.Cl. The van der Waals surface area contributed by atoms with E-state index in [4.69, 9.17) is 0 Å². The summed E-state index contributed by atoms with van der Waals surface area (Å²) in [4.78, 5) is 26.0. The molecule has 130 valence electrons. The summed E-state index contributed by atoms with van der Waals surface area (Å²) in [7, 11) is 0. The number of nitrogens with zero attached hydrogens (tertiary/aromatic N) is 1. The standard InChI is InChI=1S/C18H23N3O2.ClH/c1-13(22)21-10-8-14-5-2-3-7-16(14)17(21)11-18(23)20-15-6-4-9-19-12-15;/h2-3,5,7-8,10,15,17,19H,4,6,9,11-12H2,1H3,(H,20,23);1H. The van der Waals surface area contributed by atoms with Crippen molar-refractivity contribution in [3.05, 3.63) is 41.6 Å². The van der Waals surface area contributed by atoms with E-state index in [1.54, 1.807) is 11.1 Å². The van der Waals surface area contributed by atoms with Crippen LogP contribution < -0.4 is 10.6 Å². The third kappa shape index (κ3) is 4.16. The molecule has 24 heavy (non-hydrogen) atoms. The molecular formula is C18H24ClN3O2. The first-order valence-electron chi connectivity index (χ1n) is 8.21. The number of carbonyl (C=O) groups is 2. The molecule has 1 saturated heterocycles. The van der Waals surface area contributed by atoms with Crippen molar-refractivity contribution >= 4 is 30.3 Å². The Labute approximate surface area is 148 Å². The first-order valence-corrected chi connectivity index (χ1v) is 8.21. The van der Waals surface area contributed by atoms with Crippen molar-refractivity contribution in [2.75, 3.05) is 13.1 Å². The highest BCUT2D eigenvalue weighted by atomic mass is 35.5. The Hall–Kier alpha value is -1.85. The van der Waals surface area contributed by atoms with Crippen LogP contribution in [-0.4, -0.2) is 35.8 Å². The van der Waals surface area contributed by atoms with Gasteiger partial charge in [0.1, 0.15) is 0 Å². The van der Waals surface area contributed by atoms with Gasteiger partial charge >= 0.3 is 0 Å². The van der Waals surface area contributed by atoms with Crippen LogP contribution in [0.3, 0.4) is 0 Å². The Morgan fingerprint density at radius 2 is 2.12 bits per heavy atom. The molecular weight excluding hydrogens is 326 g/mol. The molecule has 1 fully saturated rings. The van der Waals surface area contributed by atoms with E-state index >= 15 is 0 Å². The minimum absolute atomic E-state index is 0. The van der Waals surface area contributed by atoms with Gasteiger partial charge in [-0.1, -0.05) is 24.3 Å². The van der Waals surface area contributed by atoms with Gasteiger partial charge in [0.25, 0.3) is 0 Å². The number of fused-ring (bicyclic) bond motifs is 1. The van der Waals surface area contributed by atoms with Crippen LogP contribution in [0.1, 0.15) is 43.4 Å². The van der Waals surface area contributed by atoms with Crippen LogP contribution in [0.25, 0.3) is 6.08 Å². The molecule has 2 aliphatic heterocycles. The fourth-order valence-electron chi connectivity index (χ4n) is 3.35. The van der Waals surface area contributed by atoms with Gasteiger partial charge in [0.05, 0.1) is 12.5 Å². The predicted octanol–water partition coefficient (Wildman–Crippen LogP) is 2.24. The summed E-state index contributed by atoms with van der Waals surface area (Å²) in [5, 5.41) is 6.39. The fourth-order valence-corrected chi connectivity index (χ4v) is 3.35. The Bertz CT molecular complexity index is 626. The van der Waals surface area contributed by atoms with Crippen LogP contribution in [0.4, 0.5) is 0 Å². The highest BCUT2D eigenvalue weighted by Gasteiger charge is 2.28. The number of hydrogen-bond donors (Lipinski definition) is 2. The smallest absolute Gasteiger partial charge is 0.223 e. The molecule has 0 aliphatic carbocycles. The summed E-state index contributed by atoms with van der Waals surface area (Å²) in [6.07, 6.45) is 6.09. The molecule has 2 heterocycles. The molecule has 2 unspecified atom stereocenters. The normalized spacial score (nSPS) is 22.3. The number of halogens is 1. The fraction of sp³-hybridized carbons (Fsp3) is 0.444. The quantitative estimate of drug-likeness (QED) is 0.879. The molecule has 2 amide bonds. The lowest BCUT2D eigenvalue weighted by Crippen LogP contribution is -2.46. The van der Waals surface area contributed by atoms with Gasteiger partial charge in [-0.25, -0.2) is 0 Å². The van der Waals surface area contributed by atoms with Crippen LogP contribution in [0.5, 0.6) is 0 Å². The minimum Gasteiger partial charge on any atom is -0.352 e. The van der Waals surface area contributed by atoms with Crippen molar-refractivity contribution in [1.29, 1.82) is 0 Å². The van der Waals surface area contributed by atoms with Gasteiger partial charge in [-0.05, 0) is 36.6 Å². The summed E-state index contributed by atoms with van der Waals surface area (Å²) in [6.45, 7) is 3.38. The van der Waals surface area contributed by atoms with E-state index in [0.29, 0.717) is 0 Å². The third-order valence-electron chi connectivity index (χ3n) is 4.51. The molecule has 0 aromatic heterocycles. The van der Waals surface area contributed by atoms with E-state index in [2.05, 4.69) is 10.6 Å². The molecule has 1 aromatic rings. The molecule has 2 aliphatic rings. The summed E-state index contributed by atoms with van der Waals surface area (Å²) >= 11 is 0. The van der Waals surface area contributed by atoms with Crippen LogP contribution in [-0.2, 0) is 9.59 Å². The maximum Gasteiger partial charge on any atom is 0.223 e. The molecule has 0 spiro atoms. The van der Waals surface area contributed by atoms with Crippen molar-refractivity contribution in [2.24, 2.45) is 0 Å². The maximum atomic E-state index is 12.5. The second-order valence-electron chi connectivity index (χ2n) is 6.20. The van der Waals surface area contributed by atoms with Crippen molar-refractivity contribution in [2.45, 2.75) is 38.3 Å². The summed E-state index contributed by atoms with van der Waals surface area (Å²) in [5.74, 6) is -0.0482. The first-order chi connectivity index (χ1) is 11.1. The summed E-state index contributed by atoms with van der Waals surface area (Å²) < 4.78 is 0. The average molecular weight is 350 g/mol. The van der Waals surface area contributed by atoms with E-state index in [1.807, 2.05) is 30.3 Å². The minimum atomic E-state index is -0.231. The number of benzene rings is 1. The molecule has 5 nitrogen and oxygen atoms in total. The van der Waals surface area contributed by atoms with E-state index < -0.39 is 0 Å². The highest BCUT2D eigenvalue weighted by Crippen LogP contribution is 2.32. The van der Waals surface area contributed by atoms with Gasteiger partial charge < -0.3 is 15.5 Å². The number of carbonyl (C=O) groups excluding carboxylic acids is 2. The Kier molecular flexibility index (Phi) is 6.40. The van der Waals surface area contributed by atoms with Gasteiger partial charge in [-0.2, -0.15) is 0 Å². The molecule has 1 aromatic carbocycles. The summed E-state index contributed by atoms with van der Waals surface area (Å²) in [5.41, 5.74) is 2.10. The molecule has 6 heteroatoms. The van der Waals surface area contributed by atoms with Gasteiger partial charge in [0.15, 0.2) is 0 Å². The van der Waals surface area contributed by atoms with Crippen molar-refractivity contribution < 1.29 is 9.59 Å². The zero-order valence-corrected chi connectivity index (χ0v) is 14.6. The van der Waals surface area contributed by atoms with Crippen molar-refractivity contribution in [3.63, 3.8) is 0 Å². The number of nitrogens with one attached hydrogen (secondary N) is 2. The zero-order chi connectivity index (χ0) is 16.2. The highest BCUT2D eigenvalue weighted by molar-refractivity contribution is 5.85. The molecule has 2 N–H and O–H groups in total. The summed E-state index contributed by atoms with van der Waals surface area (Å²) in [6, 6.07) is 7.89. The second kappa shape index (κ2) is 8.31. The lowest BCUT2D eigenvalue weighted by molar-refractivity contribution is -0.130. The Morgan fingerprint density at radius 3 is 2.83 bits per heavy atom. The predicted molar refractivity (Wildman–Crippen MR) is 96.6 cm³/mol. The topological polar surface area (TPSA) is 61.4 Å². The molecule has 3 rings (SSSR count). The monoisotopic (exact) mass is 349 g/mol. The van der Waals surface area contributed by atoms with Crippen LogP contribution in [0.2, 0.25) is 0 Å². The average Bonchev–Trinajstić information content (AvgIpc) is 2.55. The lowest BCUT2D eigenvalue weighted by Gasteiger charge is -2.33. The second-order valence-corrected chi connectivity index (χ2v) is 6.20. The molecule has 0 saturated carbocycles. The number of amides is 2. The van der Waals surface area contributed by atoms with Crippen molar-refractivity contribution in [1.82, 2.24) is 15.5 Å². The lowest BCUT2D eigenvalue weighted by atomic mass is 9.93. The number of rotatable bonds is 3. The van der Waals surface area contributed by atoms with Gasteiger partial charge in [0, 0.05) is 25.7 Å². The van der Waals surface area contributed by atoms with E-state index in [0.717, 1.165) is 37.1 Å². The van der Waals surface area contributed by atoms with Crippen LogP contribution in [0.15, 0.2) is 30.5 Å². The molecule has 0 bridgehead atoms. The number of hydrogen-bond acceptors (Lipinski definition) is 3.